The number of primary sulfonamides is 1. The Morgan fingerprint density at radius 2 is 1.86 bits per heavy atom. The number of rotatable bonds is 5. The molecule has 1 aromatic carbocycles. The molecule has 2 N–H and O–H groups in total. The number of hydrogen-bond donors (Lipinski definition) is 1. The summed E-state index contributed by atoms with van der Waals surface area (Å²) in [6, 6.07) is 2.35. The first-order valence-electron chi connectivity index (χ1n) is 5.94. The normalized spacial score (nSPS) is 15.2. The van der Waals surface area contributed by atoms with E-state index >= 15 is 0 Å². The van der Waals surface area contributed by atoms with Crippen molar-refractivity contribution in [3.63, 3.8) is 0 Å². The molecule has 0 amide bonds. The van der Waals surface area contributed by atoms with Crippen molar-refractivity contribution in [2.24, 2.45) is 5.14 Å². The van der Waals surface area contributed by atoms with Gasteiger partial charge in [0.15, 0.2) is 0 Å². The van der Waals surface area contributed by atoms with E-state index in [0.29, 0.717) is 13.2 Å². The zero-order valence-electron chi connectivity index (χ0n) is 11.5. The zero-order chi connectivity index (χ0) is 15.6. The average Bonchev–Trinajstić information content (AvgIpc) is 2.39. The number of ether oxygens (including phenoxy) is 4. The van der Waals surface area contributed by atoms with Gasteiger partial charge in [-0.3, -0.25) is 0 Å². The number of nitrogens with two attached hydrogens (primary N) is 1. The van der Waals surface area contributed by atoms with Crippen molar-refractivity contribution < 1.29 is 32.2 Å². The second-order valence-corrected chi connectivity index (χ2v) is 5.84. The third-order valence-corrected chi connectivity index (χ3v) is 3.83. The van der Waals surface area contributed by atoms with Gasteiger partial charge in [-0.15, -0.1) is 0 Å². The standard InChI is InChI=1S/C12H15NO7S/c1-17-9-4-10(18-2)11(21(13,15)16)3-8(9)12(14)20-7-5-19-6-7/h3-4,7H,5-6H2,1-2H3,(H2,13,15,16). The molecule has 1 saturated heterocycles. The number of sulfonamides is 1. The summed E-state index contributed by atoms with van der Waals surface area (Å²) in [5.41, 5.74) is -0.0470. The Balaban J connectivity index is 2.45. The summed E-state index contributed by atoms with van der Waals surface area (Å²) in [7, 11) is -1.43. The SMILES string of the molecule is COc1cc(OC)c(S(N)(=O)=O)cc1C(=O)OC1COC1. The van der Waals surface area contributed by atoms with Crippen LogP contribution in [0.5, 0.6) is 11.5 Å². The van der Waals surface area contributed by atoms with Crippen LogP contribution in [-0.4, -0.2) is 47.9 Å². The third-order valence-electron chi connectivity index (χ3n) is 2.89. The van der Waals surface area contributed by atoms with Crippen LogP contribution in [0.3, 0.4) is 0 Å². The smallest absolute Gasteiger partial charge is 0.342 e. The predicted molar refractivity (Wildman–Crippen MR) is 70.9 cm³/mol. The van der Waals surface area contributed by atoms with E-state index in [1.807, 2.05) is 0 Å². The Kier molecular flexibility index (Phi) is 4.35. The molecule has 9 heteroatoms. The van der Waals surface area contributed by atoms with Gasteiger partial charge in [-0.2, -0.15) is 0 Å². The van der Waals surface area contributed by atoms with Gasteiger partial charge < -0.3 is 18.9 Å². The summed E-state index contributed by atoms with van der Waals surface area (Å²) in [6.45, 7) is 0.624. The van der Waals surface area contributed by atoms with Crippen LogP contribution in [-0.2, 0) is 19.5 Å². The van der Waals surface area contributed by atoms with Crippen LogP contribution in [0.15, 0.2) is 17.0 Å². The summed E-state index contributed by atoms with van der Waals surface area (Å²) in [4.78, 5) is 11.8. The minimum Gasteiger partial charge on any atom is -0.496 e. The van der Waals surface area contributed by atoms with Gasteiger partial charge in [-0.25, -0.2) is 18.4 Å². The third kappa shape index (κ3) is 3.26. The summed E-state index contributed by atoms with van der Waals surface area (Å²) >= 11 is 0. The molecule has 1 aliphatic heterocycles. The molecule has 0 unspecified atom stereocenters. The maximum Gasteiger partial charge on any atom is 0.342 e. The largest absolute Gasteiger partial charge is 0.496 e. The van der Waals surface area contributed by atoms with E-state index in [0.717, 1.165) is 6.07 Å². The van der Waals surface area contributed by atoms with Gasteiger partial charge in [0, 0.05) is 6.07 Å². The highest BCUT2D eigenvalue weighted by molar-refractivity contribution is 7.89. The number of esters is 1. The molecule has 0 spiro atoms. The lowest BCUT2D eigenvalue weighted by molar-refractivity contribution is -0.103. The Hall–Kier alpha value is -1.84. The summed E-state index contributed by atoms with van der Waals surface area (Å²) in [6.07, 6.45) is -0.345. The topological polar surface area (TPSA) is 114 Å². The predicted octanol–water partition coefficient (Wildman–Crippen LogP) is -0.0932. The highest BCUT2D eigenvalue weighted by atomic mass is 32.2. The molecule has 1 fully saturated rings. The number of carbonyl (C=O) groups is 1. The van der Waals surface area contributed by atoms with Crippen molar-refractivity contribution in [2.75, 3.05) is 27.4 Å². The molecule has 2 rings (SSSR count). The molecule has 8 nitrogen and oxygen atoms in total. The van der Waals surface area contributed by atoms with Gasteiger partial charge in [0.05, 0.1) is 27.4 Å². The number of methoxy groups -OCH3 is 2. The lowest BCUT2D eigenvalue weighted by Gasteiger charge is -2.26. The Morgan fingerprint density at radius 3 is 2.29 bits per heavy atom. The summed E-state index contributed by atoms with van der Waals surface area (Å²) < 4.78 is 43.2. The molecule has 0 aliphatic carbocycles. The summed E-state index contributed by atoms with van der Waals surface area (Å²) in [5, 5.41) is 5.11. The van der Waals surface area contributed by atoms with Crippen molar-refractivity contribution in [3.8, 4) is 11.5 Å². The molecule has 0 radical (unpaired) electrons. The van der Waals surface area contributed by atoms with E-state index in [1.165, 1.54) is 20.3 Å². The number of carbonyl (C=O) groups excluding carboxylic acids is 1. The molecule has 1 aromatic rings. The highest BCUT2D eigenvalue weighted by Gasteiger charge is 2.27. The molecule has 1 aliphatic rings. The van der Waals surface area contributed by atoms with Crippen LogP contribution in [0, 0.1) is 0 Å². The summed E-state index contributed by atoms with van der Waals surface area (Å²) in [5.74, 6) is -0.602. The van der Waals surface area contributed by atoms with Crippen LogP contribution in [0.4, 0.5) is 0 Å². The lowest BCUT2D eigenvalue weighted by Crippen LogP contribution is -2.37. The fourth-order valence-electron chi connectivity index (χ4n) is 1.75. The van der Waals surface area contributed by atoms with Crippen molar-refractivity contribution >= 4 is 16.0 Å². The minimum absolute atomic E-state index is 0.0159. The van der Waals surface area contributed by atoms with Gasteiger partial charge in [0.1, 0.15) is 28.1 Å². The molecular weight excluding hydrogens is 302 g/mol. The quantitative estimate of drug-likeness (QED) is 0.755. The molecule has 21 heavy (non-hydrogen) atoms. The second kappa shape index (κ2) is 5.88. The molecule has 0 aromatic heterocycles. The first-order chi connectivity index (χ1) is 9.86. The van der Waals surface area contributed by atoms with Crippen molar-refractivity contribution in [1.29, 1.82) is 0 Å². The molecular formula is C12H15NO7S. The monoisotopic (exact) mass is 317 g/mol. The van der Waals surface area contributed by atoms with Crippen LogP contribution in [0.25, 0.3) is 0 Å². The van der Waals surface area contributed by atoms with E-state index in [9.17, 15) is 13.2 Å². The van der Waals surface area contributed by atoms with Crippen molar-refractivity contribution in [2.45, 2.75) is 11.0 Å². The first kappa shape index (κ1) is 15.5. The van der Waals surface area contributed by atoms with Gasteiger partial charge in [-0.05, 0) is 6.07 Å². The van der Waals surface area contributed by atoms with Crippen molar-refractivity contribution in [3.05, 3.63) is 17.7 Å². The first-order valence-corrected chi connectivity index (χ1v) is 7.49. The molecule has 1 heterocycles. The van der Waals surface area contributed by atoms with E-state index in [4.69, 9.17) is 24.1 Å². The van der Waals surface area contributed by atoms with Crippen LogP contribution in [0.1, 0.15) is 10.4 Å². The second-order valence-electron chi connectivity index (χ2n) is 4.31. The van der Waals surface area contributed by atoms with Gasteiger partial charge in [0.25, 0.3) is 0 Å². The van der Waals surface area contributed by atoms with E-state index in [1.54, 1.807) is 0 Å². The number of hydrogen-bond acceptors (Lipinski definition) is 7. The van der Waals surface area contributed by atoms with Crippen LogP contribution in [0.2, 0.25) is 0 Å². The van der Waals surface area contributed by atoms with Crippen LogP contribution >= 0.6 is 0 Å². The molecule has 116 valence electrons. The fraction of sp³-hybridized carbons (Fsp3) is 0.417. The van der Waals surface area contributed by atoms with Crippen molar-refractivity contribution in [1.82, 2.24) is 0 Å². The van der Waals surface area contributed by atoms with Crippen LogP contribution < -0.4 is 14.6 Å². The fourth-order valence-corrected chi connectivity index (χ4v) is 2.45. The Morgan fingerprint density at radius 1 is 1.24 bits per heavy atom. The van der Waals surface area contributed by atoms with E-state index in [2.05, 4.69) is 0 Å². The van der Waals surface area contributed by atoms with Gasteiger partial charge in [-0.1, -0.05) is 0 Å². The van der Waals surface area contributed by atoms with E-state index < -0.39 is 16.0 Å². The lowest BCUT2D eigenvalue weighted by atomic mass is 10.2. The molecule has 0 saturated carbocycles. The average molecular weight is 317 g/mol. The maximum atomic E-state index is 12.1. The van der Waals surface area contributed by atoms with Gasteiger partial charge >= 0.3 is 5.97 Å². The Bertz CT molecular complexity index is 652. The minimum atomic E-state index is -4.06. The Labute approximate surface area is 121 Å². The number of benzene rings is 1. The zero-order valence-corrected chi connectivity index (χ0v) is 12.3. The highest BCUT2D eigenvalue weighted by Crippen LogP contribution is 2.32. The molecule has 0 bridgehead atoms. The maximum absolute atomic E-state index is 12.1. The van der Waals surface area contributed by atoms with Gasteiger partial charge in [0.2, 0.25) is 10.0 Å². The molecule has 0 atom stereocenters. The van der Waals surface area contributed by atoms with E-state index in [-0.39, 0.29) is 28.1 Å².